The van der Waals surface area contributed by atoms with Crippen molar-refractivity contribution in [3.63, 3.8) is 0 Å². The van der Waals surface area contributed by atoms with Crippen molar-refractivity contribution < 1.29 is 96.1 Å². The highest BCUT2D eigenvalue weighted by Crippen LogP contribution is 2.51. The molecule has 4 aromatic carbocycles. The van der Waals surface area contributed by atoms with E-state index in [0.717, 1.165) is 158 Å². The molecule has 18 atom stereocenters. The number of pyridine rings is 4. The summed E-state index contributed by atoms with van der Waals surface area (Å²) in [5.74, 6) is -0.0455. The van der Waals surface area contributed by atoms with Gasteiger partial charge in [-0.3, -0.25) is 58.5 Å². The van der Waals surface area contributed by atoms with Crippen molar-refractivity contribution >= 4 is 103 Å². The minimum atomic E-state index is -1.07. The molecule has 8 fully saturated rings. The summed E-state index contributed by atoms with van der Waals surface area (Å²) in [5, 5.41) is 34.1. The van der Waals surface area contributed by atoms with Crippen molar-refractivity contribution in [2.75, 3.05) is 47.4 Å². The number of carboxylic acids is 2. The molecule has 8 aliphatic rings. The van der Waals surface area contributed by atoms with Crippen LogP contribution in [0.5, 0.6) is 23.0 Å². The molecular weight excluding hydrogens is 1890 g/mol. The molecule has 149 heavy (non-hydrogen) atoms. The summed E-state index contributed by atoms with van der Waals surface area (Å²) in [5.41, 5.74) is 5.49. The van der Waals surface area contributed by atoms with Crippen LogP contribution in [0.3, 0.4) is 0 Å². The maximum atomic E-state index is 13.7. The number of likely N-dealkylation sites (tertiary alicyclic amines) is 3. The number of carbonyl (C=O) groups excluding carboxylic acids is 8. The smallest absolute Gasteiger partial charge is 0.411 e. The molecular formula is C117H156N12O20. The second-order valence-electron chi connectivity index (χ2n) is 42.1. The first kappa shape index (κ1) is 117. The van der Waals surface area contributed by atoms with Gasteiger partial charge in [0.1, 0.15) is 87.3 Å². The van der Waals surface area contributed by atoms with Crippen molar-refractivity contribution in [2.24, 2.45) is 41.2 Å². The first-order valence-corrected chi connectivity index (χ1v) is 51.6. The van der Waals surface area contributed by atoms with Crippen LogP contribution in [-0.4, -0.2) is 234 Å². The van der Waals surface area contributed by atoms with E-state index in [1.54, 1.807) is 75.6 Å². The van der Waals surface area contributed by atoms with Crippen molar-refractivity contribution in [3.8, 4) is 23.0 Å². The standard InChI is InChI=1S/C31H39N3O5.C23H27N3O4.C23H29N3O2.C19H22N2O5.C12H21NO2.C8H14O2.CH4/c1-5-7-9-12-21(3)29(36)34-20-23(39-27-16-17-32-25-15-11-10-14-24(25)27)18-26(34)28(35)33-31(30(37)38-4)19-22(31)13-8-6-2;1-3-4-7-15-13-23(15,22(28)29-2)26-21(27)19-12-16(14-25-19)30-20-10-11-24-18-9-6-5-8-17(18)20;1-4-5-8-16-14-23(16,2)25-22(27)20-13-17(15-26(20)3)28-21-11-12-24-19-10-7-6-9-18(19)21;1-19(2,3)26-18(24)21-11-12(10-15(21)17(22)23)25-16-8-9-20-14-7-5-4-6-13(14)16;1-5-6-7-9-8-12(9,13)10(14)15-11(2,3)4;1-3-4-5-6-7(2)8(9)10;/h5-6,10-11,14-17,21-23,26H,1-2,7-9,12-13,18-20H2,3-4H3,(H,33,35);3,5-6,8-11,15-16,19,25H,1,4,7,12-14H2,2H3,(H,26,27);4,6-7,9-12,16-17,20H,1,5,8,13-15H2,2-3H3,(H,25,27);4-9,12,15H,10-11H2,1-3H3,(H,22,23);5,9H,1,6-8,13H2,2-4H3;3,7H,1,4-6H2,2H3,(H,9,10);1H4/t21-,22+,23?,26-,31+;15-,16?,19+,23-;16-,17?,20+,23-;12?,15-;9-,12-;7-;/m011010./s1. The molecule has 32 nitrogen and oxygen atoms in total. The SMILES string of the molecule is C.C=CCCC[C@H](C)C(=O)N1CC(Oc2ccnc3ccccc23)C[C@H]1C(=O)N[C@]1(C(=O)OC)C[C@H]1CCC=C.C=CCCC[C@H](C)C(=O)O.C=CCC[C@@H]1C[C@@]1(C)NC(=O)[C@@H]1CC(Oc2ccnc3ccccc23)CN1C.C=CCC[C@@H]1C[C@]1(N)C(=O)OC(C)(C)C.C=CCC[C@@H]1C[C@]1(NC(=O)[C@@H]1CC(Oc2ccnc3ccccc23)CN1)C(=O)OC.CC(C)(C)OC(=O)N1CC(Oc2ccnc3ccccc23)C[C@H]1C(=O)O. The van der Waals surface area contributed by atoms with E-state index in [9.17, 15) is 53.1 Å². The molecule has 804 valence electrons. The maximum Gasteiger partial charge on any atom is 0.411 e. The number of benzene rings is 4. The van der Waals surface area contributed by atoms with Crippen molar-refractivity contribution in [1.82, 2.24) is 55.9 Å². The minimum Gasteiger partial charge on any atom is -0.488 e. The Kier molecular flexibility index (Phi) is 42.3. The summed E-state index contributed by atoms with van der Waals surface area (Å²) in [4.78, 5) is 147. The maximum absolute atomic E-state index is 13.7. The Labute approximate surface area is 877 Å². The number of methoxy groups -OCH3 is 2. The van der Waals surface area contributed by atoms with Gasteiger partial charge in [-0.05, 0) is 268 Å². The zero-order valence-corrected chi connectivity index (χ0v) is 88.0. The van der Waals surface area contributed by atoms with Crippen molar-refractivity contribution in [2.45, 2.75) is 293 Å². The molecule has 4 aliphatic carbocycles. The van der Waals surface area contributed by atoms with Crippen LogP contribution >= 0.6 is 0 Å². The number of esters is 3. The van der Waals surface area contributed by atoms with Crippen LogP contribution in [-0.2, 0) is 62.1 Å². The van der Waals surface area contributed by atoms with Gasteiger partial charge < -0.3 is 80.0 Å². The Bertz CT molecular complexity index is 5980. The number of para-hydroxylation sites is 4. The Hall–Kier alpha value is -13.5. The van der Waals surface area contributed by atoms with Gasteiger partial charge in [0.25, 0.3) is 0 Å². The molecule has 32 heteroatoms. The second-order valence-corrected chi connectivity index (χ2v) is 42.1. The lowest BCUT2D eigenvalue weighted by atomic mass is 10.0. The number of fused-ring (bicyclic) bond motifs is 4. The van der Waals surface area contributed by atoms with E-state index < -0.39 is 76.0 Å². The highest BCUT2D eigenvalue weighted by atomic mass is 16.6. The van der Waals surface area contributed by atoms with Gasteiger partial charge in [-0.2, -0.15) is 0 Å². The van der Waals surface area contributed by atoms with Gasteiger partial charge in [0, 0.05) is 96.6 Å². The van der Waals surface area contributed by atoms with Crippen LogP contribution in [0, 0.1) is 35.5 Å². The summed E-state index contributed by atoms with van der Waals surface area (Å²) in [6.07, 6.45) is 33.0. The molecule has 0 bridgehead atoms. The lowest BCUT2D eigenvalue weighted by Gasteiger charge is -2.28. The lowest BCUT2D eigenvalue weighted by molar-refractivity contribution is -0.158. The van der Waals surface area contributed by atoms with Crippen LogP contribution < -0.4 is 45.9 Å². The number of likely N-dealkylation sites (N-methyl/N-ethyl adjacent to an activating group) is 1. The van der Waals surface area contributed by atoms with Gasteiger partial charge in [0.05, 0.1) is 67.4 Å². The number of allylic oxidation sites excluding steroid dienone is 6. The summed E-state index contributed by atoms with van der Waals surface area (Å²) in [7, 11) is 4.69. The quantitative estimate of drug-likeness (QED) is 0.00811. The monoisotopic (exact) mass is 2050 g/mol. The van der Waals surface area contributed by atoms with E-state index in [4.69, 9.17) is 48.7 Å². The number of nitrogens with one attached hydrogen (secondary N) is 4. The largest absolute Gasteiger partial charge is 0.488 e. The number of hydrogen-bond acceptors (Lipinski definition) is 25. The molecule has 8 N–H and O–H groups in total. The molecule has 4 aliphatic heterocycles. The molecule has 0 radical (unpaired) electrons. The minimum absolute atomic E-state index is 0. The number of hydrogen-bond donors (Lipinski definition) is 7. The van der Waals surface area contributed by atoms with Gasteiger partial charge in [0.2, 0.25) is 23.6 Å². The Morgan fingerprint density at radius 3 is 1.25 bits per heavy atom. The van der Waals surface area contributed by atoms with Gasteiger partial charge in [-0.1, -0.05) is 106 Å². The molecule has 8 heterocycles. The van der Waals surface area contributed by atoms with E-state index in [-0.39, 0.29) is 122 Å². The first-order valence-electron chi connectivity index (χ1n) is 51.6. The Morgan fingerprint density at radius 2 is 0.832 bits per heavy atom. The van der Waals surface area contributed by atoms with Crippen LogP contribution in [0.4, 0.5) is 4.79 Å². The third-order valence-electron chi connectivity index (χ3n) is 28.4. The van der Waals surface area contributed by atoms with Crippen LogP contribution in [0.25, 0.3) is 43.6 Å². The molecule has 5 amide bonds. The number of aromatic nitrogens is 4. The number of unbranched alkanes of at least 4 members (excludes halogenated alkanes) is 2. The molecule has 8 aromatic rings. The first-order chi connectivity index (χ1) is 70.6. The summed E-state index contributed by atoms with van der Waals surface area (Å²) >= 11 is 0. The van der Waals surface area contributed by atoms with Gasteiger partial charge in [-0.15, -0.1) is 39.5 Å². The Balaban J connectivity index is 0.000000190. The molecule has 4 saturated carbocycles. The number of carbonyl (C=O) groups is 10. The third-order valence-corrected chi connectivity index (χ3v) is 28.4. The lowest BCUT2D eigenvalue weighted by Crippen LogP contribution is -2.54. The highest BCUT2D eigenvalue weighted by molar-refractivity contribution is 5.97. The van der Waals surface area contributed by atoms with Gasteiger partial charge >= 0.3 is 35.9 Å². The number of carboxylic acid groups (broad SMARTS) is 2. The van der Waals surface area contributed by atoms with Gasteiger partial charge in [0.15, 0.2) is 0 Å². The zero-order valence-electron chi connectivity index (χ0n) is 88.0. The van der Waals surface area contributed by atoms with Crippen LogP contribution in [0.15, 0.2) is 222 Å². The summed E-state index contributed by atoms with van der Waals surface area (Å²) in [6.45, 7) is 40.6. The van der Waals surface area contributed by atoms with E-state index in [2.05, 4.69) is 92.5 Å². The van der Waals surface area contributed by atoms with E-state index >= 15 is 0 Å². The number of nitrogens with two attached hydrogens (primary N) is 1. The normalized spacial score (nSPS) is 24.9. The van der Waals surface area contributed by atoms with Crippen LogP contribution in [0.2, 0.25) is 0 Å². The van der Waals surface area contributed by atoms with Crippen LogP contribution in [0.1, 0.15) is 211 Å². The fourth-order valence-corrected chi connectivity index (χ4v) is 19.7. The predicted molar refractivity (Wildman–Crippen MR) is 577 cm³/mol. The van der Waals surface area contributed by atoms with Crippen molar-refractivity contribution in [3.05, 3.63) is 222 Å². The van der Waals surface area contributed by atoms with Crippen molar-refractivity contribution in [1.29, 1.82) is 0 Å². The number of nitrogens with zero attached hydrogens (tertiary/aromatic N) is 7. The van der Waals surface area contributed by atoms with E-state index in [0.29, 0.717) is 62.5 Å². The third kappa shape index (κ3) is 31.8. The average Bonchev–Trinajstić information content (AvgIpc) is 1.57. The highest BCUT2D eigenvalue weighted by Gasteiger charge is 2.64. The molecule has 4 saturated heterocycles. The molecule has 16 rings (SSSR count). The summed E-state index contributed by atoms with van der Waals surface area (Å²) in [6, 6.07) is 36.1. The number of ether oxygens (including phenoxy) is 8. The number of rotatable bonds is 40. The number of amides is 5. The van der Waals surface area contributed by atoms with E-state index in [1.807, 2.05) is 174 Å². The average molecular weight is 2050 g/mol. The van der Waals surface area contributed by atoms with Gasteiger partial charge in [-0.25, -0.2) is 19.2 Å². The Morgan fingerprint density at radius 1 is 0.456 bits per heavy atom. The molecule has 4 unspecified atom stereocenters. The fourth-order valence-electron chi connectivity index (χ4n) is 19.7. The number of aliphatic carboxylic acids is 2. The molecule has 4 aromatic heterocycles. The second kappa shape index (κ2) is 53.6. The molecule has 0 spiro atoms. The topological polar surface area (TPSA) is 420 Å². The van der Waals surface area contributed by atoms with E-state index in [1.165, 1.54) is 19.1 Å². The fraction of sp³-hybridized carbons (Fsp3) is 0.504. The zero-order chi connectivity index (χ0) is 107. The predicted octanol–water partition coefficient (Wildman–Crippen LogP) is 18.3. The summed E-state index contributed by atoms with van der Waals surface area (Å²) < 4.78 is 45.5.